The molecule has 0 radical (unpaired) electrons. The van der Waals surface area contributed by atoms with Crippen LogP contribution < -0.4 is 5.32 Å². The quantitative estimate of drug-likeness (QED) is 0.0321. The molecule has 62 heavy (non-hydrogen) atoms. The summed E-state index contributed by atoms with van der Waals surface area (Å²) in [6.07, 6.45) is 58.1. The topological polar surface area (TPSA) is 95.9 Å². The van der Waals surface area contributed by atoms with Crippen LogP contribution in [0.25, 0.3) is 0 Å². The molecule has 0 saturated heterocycles. The number of rotatable bonds is 50. The van der Waals surface area contributed by atoms with Gasteiger partial charge in [-0.15, -0.1) is 0 Å². The molecule has 3 unspecified atom stereocenters. The van der Waals surface area contributed by atoms with Crippen LogP contribution in [0.15, 0.2) is 24.3 Å². The second-order valence-corrected chi connectivity index (χ2v) is 19.0. The van der Waals surface area contributed by atoms with Crippen LogP contribution in [0, 0.1) is 0 Å². The van der Waals surface area contributed by atoms with Gasteiger partial charge in [-0.3, -0.25) is 9.59 Å². The lowest BCUT2D eigenvalue weighted by Gasteiger charge is -2.24. The number of esters is 1. The van der Waals surface area contributed by atoms with Gasteiger partial charge in [-0.1, -0.05) is 251 Å². The third-order valence-corrected chi connectivity index (χ3v) is 12.8. The Morgan fingerprint density at radius 1 is 0.468 bits per heavy atom. The number of nitrogens with one attached hydrogen (secondary N) is 1. The zero-order valence-corrected chi connectivity index (χ0v) is 41.8. The van der Waals surface area contributed by atoms with E-state index in [1.54, 1.807) is 0 Å². The monoisotopic (exact) mass is 874 g/mol. The van der Waals surface area contributed by atoms with Gasteiger partial charge in [-0.2, -0.15) is 0 Å². The van der Waals surface area contributed by atoms with Crippen LogP contribution in [0.2, 0.25) is 0 Å². The molecule has 0 rings (SSSR count). The van der Waals surface area contributed by atoms with Crippen LogP contribution in [0.1, 0.15) is 297 Å². The van der Waals surface area contributed by atoms with E-state index < -0.39 is 18.2 Å². The van der Waals surface area contributed by atoms with Crippen LogP contribution in [0.5, 0.6) is 0 Å². The van der Waals surface area contributed by atoms with Gasteiger partial charge in [-0.25, -0.2) is 0 Å². The van der Waals surface area contributed by atoms with E-state index in [9.17, 15) is 19.8 Å². The van der Waals surface area contributed by atoms with Crippen molar-refractivity contribution in [1.82, 2.24) is 5.32 Å². The Kier molecular flexibility index (Phi) is 49.0. The summed E-state index contributed by atoms with van der Waals surface area (Å²) in [4.78, 5) is 26.2. The number of ether oxygens (including phenoxy) is 1. The zero-order chi connectivity index (χ0) is 45.2. The second-order valence-electron chi connectivity index (χ2n) is 19.0. The molecular weight excluding hydrogens is 767 g/mol. The van der Waals surface area contributed by atoms with Crippen molar-refractivity contribution in [3.63, 3.8) is 0 Å². The van der Waals surface area contributed by atoms with E-state index in [-0.39, 0.29) is 24.9 Å². The molecule has 6 nitrogen and oxygen atoms in total. The average molecular weight is 874 g/mol. The van der Waals surface area contributed by atoms with E-state index in [0.717, 1.165) is 57.8 Å². The van der Waals surface area contributed by atoms with Crippen LogP contribution in [-0.2, 0) is 14.3 Å². The van der Waals surface area contributed by atoms with Crippen LogP contribution >= 0.6 is 0 Å². The number of aliphatic hydroxyl groups excluding tert-OH is 2. The highest BCUT2D eigenvalue weighted by Gasteiger charge is 2.24. The molecule has 0 fully saturated rings. The largest absolute Gasteiger partial charge is 0.462 e. The van der Waals surface area contributed by atoms with E-state index in [1.165, 1.54) is 193 Å². The van der Waals surface area contributed by atoms with Crippen molar-refractivity contribution in [3.8, 4) is 0 Å². The van der Waals surface area contributed by atoms with Crippen molar-refractivity contribution in [3.05, 3.63) is 24.3 Å². The molecule has 0 aromatic carbocycles. The Morgan fingerprint density at radius 3 is 1.26 bits per heavy atom. The molecule has 1 amide bonds. The molecule has 0 aliphatic carbocycles. The van der Waals surface area contributed by atoms with Crippen LogP contribution in [0.4, 0.5) is 0 Å². The maximum Gasteiger partial charge on any atom is 0.306 e. The minimum absolute atomic E-state index is 0.0800. The van der Waals surface area contributed by atoms with Gasteiger partial charge in [0.1, 0.15) is 6.10 Å². The van der Waals surface area contributed by atoms with Gasteiger partial charge in [0.15, 0.2) is 0 Å². The Balaban J connectivity index is 4.47. The summed E-state index contributed by atoms with van der Waals surface area (Å²) < 4.78 is 5.94. The predicted molar refractivity (Wildman–Crippen MR) is 269 cm³/mol. The smallest absolute Gasteiger partial charge is 0.306 e. The maximum atomic E-state index is 13.2. The summed E-state index contributed by atoms with van der Waals surface area (Å²) in [5.41, 5.74) is 0. The fourth-order valence-electron chi connectivity index (χ4n) is 8.58. The summed E-state index contributed by atoms with van der Waals surface area (Å²) in [7, 11) is 0. The molecular formula is C56H107NO5. The number of hydrogen-bond donors (Lipinski definition) is 3. The molecule has 0 bridgehead atoms. The molecule has 366 valence electrons. The lowest BCUT2D eigenvalue weighted by atomic mass is 10.0. The first-order chi connectivity index (χ1) is 30.5. The third kappa shape index (κ3) is 44.9. The first-order valence-corrected chi connectivity index (χ1v) is 27.6. The van der Waals surface area contributed by atoms with E-state index in [1.807, 2.05) is 0 Å². The minimum atomic E-state index is -0.784. The summed E-state index contributed by atoms with van der Waals surface area (Å²) in [5.74, 6) is -0.467. The Labute approximate surface area is 386 Å². The van der Waals surface area contributed by atoms with Gasteiger partial charge in [-0.05, 0) is 57.8 Å². The third-order valence-electron chi connectivity index (χ3n) is 12.8. The highest BCUT2D eigenvalue weighted by molar-refractivity contribution is 5.77. The fourth-order valence-corrected chi connectivity index (χ4v) is 8.58. The van der Waals surface area contributed by atoms with Crippen molar-refractivity contribution in [2.24, 2.45) is 0 Å². The molecule has 3 atom stereocenters. The molecule has 0 heterocycles. The van der Waals surface area contributed by atoms with E-state index in [2.05, 4.69) is 50.4 Å². The number of allylic oxidation sites excluding steroid dienone is 4. The number of unbranched alkanes of at least 4 members (excludes halogenated alkanes) is 34. The first-order valence-electron chi connectivity index (χ1n) is 27.6. The highest BCUT2D eigenvalue weighted by atomic mass is 16.5. The first kappa shape index (κ1) is 60.3. The van der Waals surface area contributed by atoms with Gasteiger partial charge in [0, 0.05) is 6.42 Å². The van der Waals surface area contributed by atoms with Gasteiger partial charge in [0.05, 0.1) is 25.2 Å². The molecule has 3 N–H and O–H groups in total. The van der Waals surface area contributed by atoms with Gasteiger partial charge in [0.2, 0.25) is 5.91 Å². The Bertz CT molecular complexity index is 981. The Hall–Kier alpha value is -1.66. The summed E-state index contributed by atoms with van der Waals surface area (Å²) in [6.45, 7) is 6.48. The van der Waals surface area contributed by atoms with Crippen molar-refractivity contribution < 1.29 is 24.5 Å². The molecule has 0 saturated carbocycles. The Morgan fingerprint density at radius 2 is 0.823 bits per heavy atom. The van der Waals surface area contributed by atoms with Gasteiger partial charge < -0.3 is 20.3 Å². The second kappa shape index (κ2) is 50.3. The normalized spacial score (nSPS) is 13.3. The number of carbonyl (C=O) groups is 2. The number of aliphatic hydroxyl groups is 2. The summed E-state index contributed by atoms with van der Waals surface area (Å²) in [5, 5.41) is 23.8. The fraction of sp³-hybridized carbons (Fsp3) is 0.893. The molecule has 6 heteroatoms. The van der Waals surface area contributed by atoms with Crippen molar-refractivity contribution in [2.75, 3.05) is 6.61 Å². The molecule has 0 aromatic heterocycles. The molecule has 0 aromatic rings. The molecule has 0 aliphatic rings. The predicted octanol–water partition coefficient (Wildman–Crippen LogP) is 16.7. The van der Waals surface area contributed by atoms with E-state index in [4.69, 9.17) is 4.74 Å². The summed E-state index contributed by atoms with van der Waals surface area (Å²) >= 11 is 0. The minimum Gasteiger partial charge on any atom is -0.462 e. The van der Waals surface area contributed by atoms with Crippen molar-refractivity contribution >= 4 is 11.9 Å². The van der Waals surface area contributed by atoms with Crippen molar-refractivity contribution in [2.45, 2.75) is 315 Å². The van der Waals surface area contributed by atoms with E-state index in [0.29, 0.717) is 19.3 Å². The van der Waals surface area contributed by atoms with Crippen molar-refractivity contribution in [1.29, 1.82) is 0 Å². The van der Waals surface area contributed by atoms with Gasteiger partial charge >= 0.3 is 5.97 Å². The molecule has 0 spiro atoms. The SMILES string of the molecule is CCCCC/C=C\C/C=C\CCCCCCCCCC(=O)OC(CCCCCCCCCCCCC)CC(=O)NC(CO)C(O)CCCCCCCCCCCCCCCCC. The number of hydrogen-bond acceptors (Lipinski definition) is 5. The highest BCUT2D eigenvalue weighted by Crippen LogP contribution is 2.19. The zero-order valence-electron chi connectivity index (χ0n) is 41.8. The van der Waals surface area contributed by atoms with Gasteiger partial charge in [0.25, 0.3) is 0 Å². The average Bonchev–Trinajstić information content (AvgIpc) is 3.26. The van der Waals surface area contributed by atoms with E-state index >= 15 is 0 Å². The number of carbonyl (C=O) groups excluding carboxylic acids is 2. The standard InChI is InChI=1S/C56H107NO5/c1-4-7-10-13-16-19-22-24-26-27-29-31-34-37-40-43-46-49-56(61)62-52(47-44-41-38-35-32-21-18-15-12-9-6-3)50-55(60)57-53(51-58)54(59)48-45-42-39-36-33-30-28-25-23-20-17-14-11-8-5-2/h16,19,24,26,52-54,58-59H,4-15,17-18,20-23,25,27-51H2,1-3H3,(H,57,60)/b19-16-,26-24-. The van der Waals surface area contributed by atoms with Crippen LogP contribution in [-0.4, -0.2) is 46.9 Å². The maximum absolute atomic E-state index is 13.2. The summed E-state index contributed by atoms with van der Waals surface area (Å²) in [6, 6.07) is -0.698. The lowest BCUT2D eigenvalue weighted by Crippen LogP contribution is -2.46. The lowest BCUT2D eigenvalue weighted by molar-refractivity contribution is -0.151. The molecule has 0 aliphatic heterocycles. The number of amides is 1. The van der Waals surface area contributed by atoms with Crippen LogP contribution in [0.3, 0.4) is 0 Å².